The highest BCUT2D eigenvalue weighted by atomic mass is 19.1. The Kier molecular flexibility index (Phi) is 9.85. The number of hydrogen-bond acceptors (Lipinski definition) is 10. The predicted octanol–water partition coefficient (Wildman–Crippen LogP) is 2.17. The first-order chi connectivity index (χ1) is 14.9. The van der Waals surface area contributed by atoms with E-state index >= 15 is 0 Å². The molecule has 11 heteroatoms. The van der Waals surface area contributed by atoms with E-state index in [4.69, 9.17) is 14.6 Å². The van der Waals surface area contributed by atoms with Crippen LogP contribution in [-0.2, 0) is 14.3 Å². The van der Waals surface area contributed by atoms with Crippen molar-refractivity contribution in [2.75, 3.05) is 49.4 Å². The zero-order chi connectivity index (χ0) is 22.6. The van der Waals surface area contributed by atoms with Crippen LogP contribution >= 0.6 is 0 Å². The molecular formula is C20H29FN6O4. The Morgan fingerprint density at radius 2 is 1.90 bits per heavy atom. The highest BCUT2D eigenvalue weighted by Crippen LogP contribution is 2.18. The third-order valence-electron chi connectivity index (χ3n) is 3.98. The summed E-state index contributed by atoms with van der Waals surface area (Å²) in [5.41, 5.74) is 0.459. The molecule has 0 aliphatic carbocycles. The molecule has 0 spiro atoms. The van der Waals surface area contributed by atoms with E-state index in [1.54, 1.807) is 12.1 Å². The molecular weight excluding hydrogens is 407 g/mol. The summed E-state index contributed by atoms with van der Waals surface area (Å²) in [6.07, 6.45) is 0.517. The van der Waals surface area contributed by atoms with Crippen molar-refractivity contribution in [3.8, 4) is 0 Å². The Labute approximate surface area is 180 Å². The van der Waals surface area contributed by atoms with E-state index in [0.717, 1.165) is 0 Å². The first-order valence-corrected chi connectivity index (χ1v) is 9.96. The number of anilines is 4. The summed E-state index contributed by atoms with van der Waals surface area (Å²) in [7, 11) is 1.32. The molecule has 1 aromatic carbocycles. The molecule has 4 N–H and O–H groups in total. The molecule has 170 valence electrons. The molecule has 1 heterocycles. The summed E-state index contributed by atoms with van der Waals surface area (Å²) in [6.45, 7) is 4.86. The Morgan fingerprint density at radius 3 is 2.58 bits per heavy atom. The molecule has 0 aliphatic heterocycles. The van der Waals surface area contributed by atoms with Crippen LogP contribution in [0.1, 0.15) is 20.3 Å². The van der Waals surface area contributed by atoms with Gasteiger partial charge in [0.25, 0.3) is 0 Å². The van der Waals surface area contributed by atoms with E-state index in [1.807, 2.05) is 13.8 Å². The van der Waals surface area contributed by atoms with Crippen LogP contribution in [0, 0.1) is 11.7 Å². The maximum Gasteiger partial charge on any atom is 0.328 e. The van der Waals surface area contributed by atoms with Gasteiger partial charge < -0.3 is 30.5 Å². The molecule has 0 amide bonds. The van der Waals surface area contributed by atoms with Crippen LogP contribution in [0.3, 0.4) is 0 Å². The van der Waals surface area contributed by atoms with Gasteiger partial charge in [0.05, 0.1) is 26.9 Å². The number of rotatable bonds is 13. The quantitative estimate of drug-likeness (QED) is 0.274. The van der Waals surface area contributed by atoms with Gasteiger partial charge in [0, 0.05) is 12.2 Å². The lowest BCUT2D eigenvalue weighted by Crippen LogP contribution is -2.33. The van der Waals surface area contributed by atoms with Crippen molar-refractivity contribution < 1.29 is 23.8 Å². The first-order valence-electron chi connectivity index (χ1n) is 9.96. The number of nitrogens with one attached hydrogen (secondary N) is 3. The Morgan fingerprint density at radius 1 is 1.16 bits per heavy atom. The Hall–Kier alpha value is -3.05. The highest BCUT2D eigenvalue weighted by Gasteiger charge is 2.22. The number of carbonyl (C=O) groups is 1. The molecule has 0 radical (unpaired) electrons. The second kappa shape index (κ2) is 12.6. The number of nitrogens with zero attached hydrogens (tertiary/aromatic N) is 3. The fourth-order valence-corrected chi connectivity index (χ4v) is 2.66. The topological polar surface area (TPSA) is 131 Å². The van der Waals surface area contributed by atoms with Gasteiger partial charge in [-0.25, -0.2) is 9.18 Å². The minimum atomic E-state index is -0.643. The summed E-state index contributed by atoms with van der Waals surface area (Å²) in [6, 6.07) is 5.23. The minimum absolute atomic E-state index is 0.0632. The fraction of sp³-hybridized carbons (Fsp3) is 0.500. The van der Waals surface area contributed by atoms with Gasteiger partial charge in [-0.3, -0.25) is 0 Å². The number of halogens is 1. The van der Waals surface area contributed by atoms with Crippen LogP contribution in [-0.4, -0.2) is 65.5 Å². The van der Waals surface area contributed by atoms with Crippen molar-refractivity contribution in [3.05, 3.63) is 30.1 Å². The molecule has 1 atom stereocenters. The third-order valence-corrected chi connectivity index (χ3v) is 3.98. The van der Waals surface area contributed by atoms with Crippen LogP contribution in [0.4, 0.5) is 27.9 Å². The predicted molar refractivity (Wildman–Crippen MR) is 115 cm³/mol. The van der Waals surface area contributed by atoms with Crippen molar-refractivity contribution in [1.29, 1.82) is 0 Å². The Bertz CT molecular complexity index is 839. The first kappa shape index (κ1) is 24.2. The largest absolute Gasteiger partial charge is 0.467 e. The standard InChI is InChI=1S/C20H29FN6O4/c1-13(2)11-16(17(29)30-3)24-20-26-18(22-7-9-31-10-8-28)25-19(27-20)23-15-6-4-5-14(21)12-15/h4-6,12-13,16,28H,7-11H2,1-3H3,(H3,22,23,24,25,26,27)/t16-/m0/s1. The van der Waals surface area contributed by atoms with Crippen molar-refractivity contribution in [1.82, 2.24) is 15.0 Å². The van der Waals surface area contributed by atoms with Crippen molar-refractivity contribution in [2.24, 2.45) is 5.92 Å². The van der Waals surface area contributed by atoms with Gasteiger partial charge in [-0.1, -0.05) is 19.9 Å². The van der Waals surface area contributed by atoms with Crippen LogP contribution in [0.15, 0.2) is 24.3 Å². The normalized spacial score (nSPS) is 11.8. The van der Waals surface area contributed by atoms with Gasteiger partial charge >= 0.3 is 5.97 Å². The van der Waals surface area contributed by atoms with Crippen molar-refractivity contribution >= 4 is 29.5 Å². The molecule has 0 saturated heterocycles. The van der Waals surface area contributed by atoms with E-state index < -0.39 is 17.8 Å². The molecule has 0 fully saturated rings. The number of benzene rings is 1. The lowest BCUT2D eigenvalue weighted by atomic mass is 10.0. The summed E-state index contributed by atoms with van der Waals surface area (Å²) >= 11 is 0. The number of hydrogen-bond donors (Lipinski definition) is 4. The second-order valence-corrected chi connectivity index (χ2v) is 7.05. The highest BCUT2D eigenvalue weighted by molar-refractivity contribution is 5.78. The number of methoxy groups -OCH3 is 1. The van der Waals surface area contributed by atoms with E-state index in [-0.39, 0.29) is 37.0 Å². The zero-order valence-electron chi connectivity index (χ0n) is 17.9. The summed E-state index contributed by atoms with van der Waals surface area (Å²) in [4.78, 5) is 25.0. The zero-order valence-corrected chi connectivity index (χ0v) is 17.9. The number of aliphatic hydroxyl groups is 1. The van der Waals surface area contributed by atoms with E-state index in [9.17, 15) is 9.18 Å². The van der Waals surface area contributed by atoms with Crippen LogP contribution in [0.2, 0.25) is 0 Å². The summed E-state index contributed by atoms with van der Waals surface area (Å²) in [5.74, 6) is -0.0549. The van der Waals surface area contributed by atoms with E-state index in [0.29, 0.717) is 25.3 Å². The number of esters is 1. The monoisotopic (exact) mass is 436 g/mol. The van der Waals surface area contributed by atoms with Gasteiger partial charge in [-0.2, -0.15) is 15.0 Å². The average Bonchev–Trinajstić information content (AvgIpc) is 2.72. The fourth-order valence-electron chi connectivity index (χ4n) is 2.66. The van der Waals surface area contributed by atoms with Crippen LogP contribution in [0.5, 0.6) is 0 Å². The Balaban J connectivity index is 2.22. The number of ether oxygens (including phenoxy) is 2. The van der Waals surface area contributed by atoms with Crippen molar-refractivity contribution in [2.45, 2.75) is 26.3 Å². The number of carbonyl (C=O) groups excluding carboxylic acids is 1. The third kappa shape index (κ3) is 8.69. The van der Waals surface area contributed by atoms with Gasteiger partial charge in [-0.15, -0.1) is 0 Å². The molecule has 0 bridgehead atoms. The smallest absolute Gasteiger partial charge is 0.328 e. The van der Waals surface area contributed by atoms with Crippen LogP contribution < -0.4 is 16.0 Å². The average molecular weight is 436 g/mol. The van der Waals surface area contributed by atoms with Gasteiger partial charge in [-0.05, 0) is 30.5 Å². The SMILES string of the molecule is COC(=O)[C@H](CC(C)C)Nc1nc(NCCOCCO)nc(Nc2cccc(F)c2)n1. The van der Waals surface area contributed by atoms with Gasteiger partial charge in [0.2, 0.25) is 17.8 Å². The second-order valence-electron chi connectivity index (χ2n) is 7.05. The van der Waals surface area contributed by atoms with Gasteiger partial charge in [0.1, 0.15) is 11.9 Å². The lowest BCUT2D eigenvalue weighted by molar-refractivity contribution is -0.141. The molecule has 1 aromatic heterocycles. The summed E-state index contributed by atoms with van der Waals surface area (Å²) in [5, 5.41) is 17.7. The molecule has 0 unspecified atom stereocenters. The molecule has 2 rings (SSSR count). The van der Waals surface area contributed by atoms with Crippen molar-refractivity contribution in [3.63, 3.8) is 0 Å². The molecule has 0 saturated carbocycles. The number of aliphatic hydroxyl groups excluding tert-OH is 1. The summed E-state index contributed by atoms with van der Waals surface area (Å²) < 4.78 is 23.6. The maximum absolute atomic E-state index is 13.5. The molecule has 10 nitrogen and oxygen atoms in total. The number of aromatic nitrogens is 3. The van der Waals surface area contributed by atoms with E-state index in [1.165, 1.54) is 19.2 Å². The molecule has 2 aromatic rings. The molecule has 0 aliphatic rings. The van der Waals surface area contributed by atoms with Gasteiger partial charge in [0.15, 0.2) is 0 Å². The minimum Gasteiger partial charge on any atom is -0.467 e. The lowest BCUT2D eigenvalue weighted by Gasteiger charge is -2.19. The van der Waals surface area contributed by atoms with E-state index in [2.05, 4.69) is 30.9 Å². The maximum atomic E-state index is 13.5. The molecule has 31 heavy (non-hydrogen) atoms. The van der Waals surface area contributed by atoms with Crippen LogP contribution in [0.25, 0.3) is 0 Å².